The van der Waals surface area contributed by atoms with Crippen molar-refractivity contribution in [2.24, 2.45) is 0 Å². The SMILES string of the molecule is CC(/C=C/c1cccc(OCc2csc(-c3ccccc3)n2)c1)NO. The number of thiazole rings is 1. The minimum absolute atomic E-state index is 0.101. The van der Waals surface area contributed by atoms with Gasteiger partial charge in [-0.25, -0.2) is 4.98 Å². The van der Waals surface area contributed by atoms with Gasteiger partial charge in [-0.1, -0.05) is 54.6 Å². The van der Waals surface area contributed by atoms with Crippen molar-refractivity contribution in [2.75, 3.05) is 0 Å². The lowest BCUT2D eigenvalue weighted by Gasteiger charge is -2.06. The molecule has 1 heterocycles. The Morgan fingerprint density at radius 3 is 2.84 bits per heavy atom. The first kappa shape index (κ1) is 17.4. The van der Waals surface area contributed by atoms with Crippen LogP contribution in [-0.4, -0.2) is 16.2 Å². The number of hydroxylamine groups is 1. The van der Waals surface area contributed by atoms with Crippen molar-refractivity contribution in [2.45, 2.75) is 19.6 Å². The zero-order valence-corrected chi connectivity index (χ0v) is 14.7. The van der Waals surface area contributed by atoms with Gasteiger partial charge in [0.15, 0.2) is 0 Å². The monoisotopic (exact) mass is 352 g/mol. The summed E-state index contributed by atoms with van der Waals surface area (Å²) >= 11 is 1.62. The molecule has 0 aliphatic rings. The van der Waals surface area contributed by atoms with Crippen LogP contribution in [0.4, 0.5) is 0 Å². The molecule has 1 aromatic heterocycles. The van der Waals surface area contributed by atoms with Gasteiger partial charge < -0.3 is 9.94 Å². The normalized spacial score (nSPS) is 12.4. The van der Waals surface area contributed by atoms with Gasteiger partial charge in [0.25, 0.3) is 0 Å². The van der Waals surface area contributed by atoms with Gasteiger partial charge in [0, 0.05) is 17.0 Å². The van der Waals surface area contributed by atoms with E-state index in [0.717, 1.165) is 27.6 Å². The van der Waals surface area contributed by atoms with Gasteiger partial charge in [-0.2, -0.15) is 5.48 Å². The fraction of sp³-hybridized carbons (Fsp3) is 0.150. The van der Waals surface area contributed by atoms with Crippen LogP contribution in [0.2, 0.25) is 0 Å². The third-order valence-electron chi connectivity index (χ3n) is 3.60. The number of rotatable bonds is 7. The Labute approximate surface area is 151 Å². The lowest BCUT2D eigenvalue weighted by molar-refractivity contribution is 0.150. The summed E-state index contributed by atoms with van der Waals surface area (Å²) in [6.07, 6.45) is 3.82. The highest BCUT2D eigenvalue weighted by molar-refractivity contribution is 7.13. The topological polar surface area (TPSA) is 54.4 Å². The van der Waals surface area contributed by atoms with Gasteiger partial charge in [0.1, 0.15) is 17.4 Å². The number of hydrogen-bond donors (Lipinski definition) is 2. The Hall–Kier alpha value is -2.47. The van der Waals surface area contributed by atoms with E-state index < -0.39 is 0 Å². The molecule has 0 saturated heterocycles. The Bertz CT molecular complexity index is 830. The van der Waals surface area contributed by atoms with Crippen LogP contribution >= 0.6 is 11.3 Å². The van der Waals surface area contributed by atoms with Crippen LogP contribution in [-0.2, 0) is 6.61 Å². The molecule has 0 radical (unpaired) electrons. The van der Waals surface area contributed by atoms with Crippen LogP contribution in [0.1, 0.15) is 18.2 Å². The third-order valence-corrected chi connectivity index (χ3v) is 4.54. The first-order valence-electron chi connectivity index (χ1n) is 8.05. The molecule has 4 nitrogen and oxygen atoms in total. The van der Waals surface area contributed by atoms with Crippen molar-refractivity contribution < 1.29 is 9.94 Å². The average Bonchev–Trinajstić information content (AvgIpc) is 3.14. The molecule has 25 heavy (non-hydrogen) atoms. The zero-order chi connectivity index (χ0) is 17.5. The lowest BCUT2D eigenvalue weighted by Crippen LogP contribution is -2.18. The first-order valence-corrected chi connectivity index (χ1v) is 8.93. The van der Waals surface area contributed by atoms with Crippen LogP contribution in [0.3, 0.4) is 0 Å². The standard InChI is InChI=1S/C20H20N2O2S/c1-15(22-23)10-11-16-6-5-9-19(12-16)24-13-18-14-25-20(21-18)17-7-3-2-4-8-17/h2-12,14-15,22-23H,13H2,1H3/b11-10+. The number of hydrogen-bond acceptors (Lipinski definition) is 5. The van der Waals surface area contributed by atoms with Crippen molar-refractivity contribution in [1.29, 1.82) is 0 Å². The Kier molecular flexibility index (Phi) is 5.95. The van der Waals surface area contributed by atoms with Gasteiger partial charge in [-0.05, 0) is 24.6 Å². The molecule has 0 saturated carbocycles. The van der Waals surface area contributed by atoms with Gasteiger partial charge in [0.2, 0.25) is 0 Å². The fourth-order valence-corrected chi connectivity index (χ4v) is 3.06. The highest BCUT2D eigenvalue weighted by atomic mass is 32.1. The maximum absolute atomic E-state index is 8.83. The molecule has 5 heteroatoms. The zero-order valence-electron chi connectivity index (χ0n) is 13.9. The second-order valence-electron chi connectivity index (χ2n) is 5.65. The smallest absolute Gasteiger partial charge is 0.131 e. The van der Waals surface area contributed by atoms with Crippen molar-refractivity contribution in [1.82, 2.24) is 10.5 Å². The largest absolute Gasteiger partial charge is 0.487 e. The lowest BCUT2D eigenvalue weighted by atomic mass is 10.2. The summed E-state index contributed by atoms with van der Waals surface area (Å²) in [5.74, 6) is 0.793. The first-order chi connectivity index (χ1) is 12.2. The van der Waals surface area contributed by atoms with E-state index in [1.807, 2.05) is 66.9 Å². The van der Waals surface area contributed by atoms with Crippen molar-refractivity contribution in [3.05, 3.63) is 77.3 Å². The van der Waals surface area contributed by atoms with Crippen LogP contribution in [0.15, 0.2) is 66.1 Å². The summed E-state index contributed by atoms with van der Waals surface area (Å²) in [7, 11) is 0. The number of aromatic nitrogens is 1. The number of nitrogens with one attached hydrogen (secondary N) is 1. The van der Waals surface area contributed by atoms with Crippen molar-refractivity contribution >= 4 is 17.4 Å². The van der Waals surface area contributed by atoms with E-state index in [9.17, 15) is 0 Å². The summed E-state index contributed by atoms with van der Waals surface area (Å²) in [6.45, 7) is 2.30. The molecule has 3 rings (SSSR count). The molecule has 0 fully saturated rings. The van der Waals surface area contributed by atoms with Crippen molar-refractivity contribution in [3.63, 3.8) is 0 Å². The van der Waals surface area contributed by atoms with Crippen LogP contribution in [0.5, 0.6) is 5.75 Å². The molecule has 0 spiro atoms. The van der Waals surface area contributed by atoms with Gasteiger partial charge >= 0.3 is 0 Å². The molecular weight excluding hydrogens is 332 g/mol. The van der Waals surface area contributed by atoms with Crippen molar-refractivity contribution in [3.8, 4) is 16.3 Å². The van der Waals surface area contributed by atoms with E-state index in [1.54, 1.807) is 11.3 Å². The Morgan fingerprint density at radius 2 is 2.04 bits per heavy atom. The minimum atomic E-state index is -0.101. The van der Waals surface area contributed by atoms with Gasteiger partial charge in [-0.15, -0.1) is 11.3 Å². The molecule has 3 aromatic rings. The highest BCUT2D eigenvalue weighted by Gasteiger charge is 2.05. The van der Waals surface area contributed by atoms with E-state index in [4.69, 9.17) is 9.94 Å². The molecule has 128 valence electrons. The predicted molar refractivity (Wildman–Crippen MR) is 102 cm³/mol. The molecular formula is C20H20N2O2S. The number of benzene rings is 2. The fourth-order valence-electron chi connectivity index (χ4n) is 2.25. The minimum Gasteiger partial charge on any atom is -0.487 e. The third kappa shape index (κ3) is 5.00. The van der Waals surface area contributed by atoms with E-state index >= 15 is 0 Å². The molecule has 1 atom stereocenters. The highest BCUT2D eigenvalue weighted by Crippen LogP contribution is 2.24. The van der Waals surface area contributed by atoms with Crippen LogP contribution in [0, 0.1) is 0 Å². The molecule has 0 aliphatic heterocycles. The van der Waals surface area contributed by atoms with Gasteiger partial charge in [0.05, 0.1) is 5.69 Å². The molecule has 0 bridgehead atoms. The molecule has 0 amide bonds. The van der Waals surface area contributed by atoms with E-state index in [-0.39, 0.29) is 6.04 Å². The number of ether oxygens (including phenoxy) is 1. The molecule has 2 aromatic carbocycles. The van der Waals surface area contributed by atoms with Gasteiger partial charge in [-0.3, -0.25) is 0 Å². The quantitative estimate of drug-likeness (QED) is 0.602. The van der Waals surface area contributed by atoms with E-state index in [1.165, 1.54) is 0 Å². The second kappa shape index (κ2) is 8.58. The maximum atomic E-state index is 8.83. The summed E-state index contributed by atoms with van der Waals surface area (Å²) in [6, 6.07) is 17.9. The molecule has 1 unspecified atom stereocenters. The predicted octanol–water partition coefficient (Wildman–Crippen LogP) is 4.77. The van der Waals surface area contributed by atoms with E-state index in [2.05, 4.69) is 22.6 Å². The molecule has 2 N–H and O–H groups in total. The summed E-state index contributed by atoms with van der Waals surface area (Å²) in [5.41, 5.74) is 5.25. The van der Waals surface area contributed by atoms with Crippen LogP contribution < -0.4 is 10.2 Å². The second-order valence-corrected chi connectivity index (χ2v) is 6.51. The Morgan fingerprint density at radius 1 is 1.20 bits per heavy atom. The number of nitrogens with zero attached hydrogens (tertiary/aromatic N) is 1. The Balaban J connectivity index is 1.62. The van der Waals surface area contributed by atoms with E-state index in [0.29, 0.717) is 6.61 Å². The summed E-state index contributed by atoms with van der Waals surface area (Å²) in [5, 5.41) is 11.9. The van der Waals surface area contributed by atoms with Crippen LogP contribution in [0.25, 0.3) is 16.6 Å². The molecule has 0 aliphatic carbocycles. The summed E-state index contributed by atoms with van der Waals surface area (Å²) in [4.78, 5) is 4.63. The maximum Gasteiger partial charge on any atom is 0.131 e. The summed E-state index contributed by atoms with van der Waals surface area (Å²) < 4.78 is 5.86. The average molecular weight is 352 g/mol.